The van der Waals surface area contributed by atoms with Gasteiger partial charge in [-0.2, -0.15) is 0 Å². The third-order valence-electron chi connectivity index (χ3n) is 2.46. The average Bonchev–Trinajstić information content (AvgIpc) is 2.66. The largest absolute Gasteiger partial charge is 0.303 e. The first-order chi connectivity index (χ1) is 7.66. The van der Waals surface area contributed by atoms with Crippen molar-refractivity contribution in [1.29, 1.82) is 0 Å². The van der Waals surface area contributed by atoms with Gasteiger partial charge in [0.15, 0.2) is 0 Å². The first-order valence-electron chi connectivity index (χ1n) is 5.24. The van der Waals surface area contributed by atoms with Gasteiger partial charge in [0.1, 0.15) is 5.78 Å². The monoisotopic (exact) mass is 214 g/mol. The van der Waals surface area contributed by atoms with Crippen LogP contribution in [0, 0.1) is 6.92 Å². The molecular formula is C13H14N2O. The number of carbonyl (C=O) groups is 1. The van der Waals surface area contributed by atoms with E-state index in [2.05, 4.69) is 4.98 Å². The van der Waals surface area contributed by atoms with Crippen molar-refractivity contribution in [2.24, 2.45) is 0 Å². The second-order valence-corrected chi connectivity index (χ2v) is 3.97. The molecule has 0 fully saturated rings. The number of aromatic nitrogens is 2. The van der Waals surface area contributed by atoms with E-state index in [1.807, 2.05) is 35.8 Å². The molecule has 3 heteroatoms. The Kier molecular flexibility index (Phi) is 2.86. The second kappa shape index (κ2) is 4.31. The highest BCUT2D eigenvalue weighted by Gasteiger charge is 2.06. The summed E-state index contributed by atoms with van der Waals surface area (Å²) in [4.78, 5) is 15.2. The van der Waals surface area contributed by atoms with E-state index >= 15 is 0 Å². The van der Waals surface area contributed by atoms with Crippen molar-refractivity contribution >= 4 is 5.78 Å². The molecule has 0 atom stereocenters. The zero-order valence-corrected chi connectivity index (χ0v) is 9.47. The number of hydrogen-bond donors (Lipinski definition) is 0. The number of ketones is 1. The lowest BCUT2D eigenvalue weighted by atomic mass is 10.2. The standard InChI is InChI=1S/C13H14N2O/c1-10-3-5-12(6-4-10)15-9-14-8-13(15)7-11(2)16/h3-6,8-9H,7H2,1-2H3. The van der Waals surface area contributed by atoms with Crippen LogP contribution in [-0.2, 0) is 11.2 Å². The Morgan fingerprint density at radius 1 is 1.31 bits per heavy atom. The molecule has 82 valence electrons. The van der Waals surface area contributed by atoms with Gasteiger partial charge < -0.3 is 4.57 Å². The highest BCUT2D eigenvalue weighted by molar-refractivity contribution is 5.77. The molecule has 0 aliphatic heterocycles. The van der Waals surface area contributed by atoms with Gasteiger partial charge in [0.05, 0.1) is 6.33 Å². The van der Waals surface area contributed by atoms with Gasteiger partial charge in [-0.25, -0.2) is 4.98 Å². The number of benzene rings is 1. The highest BCUT2D eigenvalue weighted by Crippen LogP contribution is 2.12. The summed E-state index contributed by atoms with van der Waals surface area (Å²) in [6.45, 7) is 3.64. The van der Waals surface area contributed by atoms with E-state index in [1.54, 1.807) is 19.4 Å². The fourth-order valence-corrected chi connectivity index (χ4v) is 1.65. The summed E-state index contributed by atoms with van der Waals surface area (Å²) >= 11 is 0. The number of imidazole rings is 1. The molecule has 0 N–H and O–H groups in total. The lowest BCUT2D eigenvalue weighted by Crippen LogP contribution is -2.03. The predicted octanol–water partition coefficient (Wildman–Crippen LogP) is 2.31. The van der Waals surface area contributed by atoms with Gasteiger partial charge in [0, 0.05) is 24.0 Å². The number of nitrogens with zero attached hydrogens (tertiary/aromatic N) is 2. The summed E-state index contributed by atoms with van der Waals surface area (Å²) in [5, 5.41) is 0. The van der Waals surface area contributed by atoms with E-state index in [4.69, 9.17) is 0 Å². The molecule has 0 radical (unpaired) electrons. The van der Waals surface area contributed by atoms with Crippen LogP contribution in [-0.4, -0.2) is 15.3 Å². The Balaban J connectivity index is 2.36. The van der Waals surface area contributed by atoms with E-state index in [9.17, 15) is 4.79 Å². The Bertz CT molecular complexity index is 497. The predicted molar refractivity (Wildman–Crippen MR) is 62.7 cm³/mol. The SMILES string of the molecule is CC(=O)Cc1cncn1-c1ccc(C)cc1. The number of hydrogen-bond acceptors (Lipinski definition) is 2. The molecule has 2 aromatic rings. The zero-order valence-electron chi connectivity index (χ0n) is 9.47. The minimum Gasteiger partial charge on any atom is -0.303 e. The summed E-state index contributed by atoms with van der Waals surface area (Å²) in [6, 6.07) is 8.15. The molecule has 1 aromatic heterocycles. The molecule has 16 heavy (non-hydrogen) atoms. The first kappa shape index (κ1) is 10.6. The minimum absolute atomic E-state index is 0.147. The lowest BCUT2D eigenvalue weighted by molar-refractivity contribution is -0.116. The lowest BCUT2D eigenvalue weighted by Gasteiger charge is -2.07. The Hall–Kier alpha value is -1.90. The molecule has 1 aromatic carbocycles. The number of Topliss-reactive ketones (excluding diaryl/α,β-unsaturated/α-hetero) is 1. The van der Waals surface area contributed by atoms with Crippen LogP contribution >= 0.6 is 0 Å². The highest BCUT2D eigenvalue weighted by atomic mass is 16.1. The molecule has 3 nitrogen and oxygen atoms in total. The van der Waals surface area contributed by atoms with Crippen LogP contribution in [0.1, 0.15) is 18.2 Å². The summed E-state index contributed by atoms with van der Waals surface area (Å²) in [5.41, 5.74) is 3.19. The van der Waals surface area contributed by atoms with Gasteiger partial charge in [0.25, 0.3) is 0 Å². The maximum Gasteiger partial charge on any atom is 0.135 e. The zero-order chi connectivity index (χ0) is 11.5. The maximum atomic E-state index is 11.1. The molecule has 2 rings (SSSR count). The van der Waals surface area contributed by atoms with Crippen LogP contribution in [0.4, 0.5) is 0 Å². The number of aryl methyl sites for hydroxylation is 1. The van der Waals surface area contributed by atoms with Crippen molar-refractivity contribution < 1.29 is 4.79 Å². The van der Waals surface area contributed by atoms with Crippen LogP contribution < -0.4 is 0 Å². The van der Waals surface area contributed by atoms with Crippen LogP contribution in [0.3, 0.4) is 0 Å². The molecule has 0 saturated heterocycles. The Morgan fingerprint density at radius 3 is 2.62 bits per heavy atom. The van der Waals surface area contributed by atoms with Gasteiger partial charge >= 0.3 is 0 Å². The van der Waals surface area contributed by atoms with E-state index in [0.29, 0.717) is 6.42 Å². The molecule has 0 amide bonds. The fraction of sp³-hybridized carbons (Fsp3) is 0.231. The van der Waals surface area contributed by atoms with Crippen molar-refractivity contribution in [2.45, 2.75) is 20.3 Å². The minimum atomic E-state index is 0.147. The molecule has 0 aliphatic rings. The average molecular weight is 214 g/mol. The molecule has 0 spiro atoms. The van der Waals surface area contributed by atoms with Crippen LogP contribution in [0.2, 0.25) is 0 Å². The van der Waals surface area contributed by atoms with Gasteiger partial charge in [-0.05, 0) is 26.0 Å². The van der Waals surface area contributed by atoms with Crippen LogP contribution in [0.25, 0.3) is 5.69 Å². The quantitative estimate of drug-likeness (QED) is 0.785. The van der Waals surface area contributed by atoms with Crippen molar-refractivity contribution in [3.63, 3.8) is 0 Å². The molecule has 0 unspecified atom stereocenters. The summed E-state index contributed by atoms with van der Waals surface area (Å²) in [7, 11) is 0. The molecule has 0 aliphatic carbocycles. The number of rotatable bonds is 3. The van der Waals surface area contributed by atoms with E-state index < -0.39 is 0 Å². The van der Waals surface area contributed by atoms with Crippen molar-refractivity contribution in [3.05, 3.63) is 48.0 Å². The first-order valence-corrected chi connectivity index (χ1v) is 5.24. The third-order valence-corrected chi connectivity index (χ3v) is 2.46. The van der Waals surface area contributed by atoms with Gasteiger partial charge in [0.2, 0.25) is 0 Å². The fourth-order valence-electron chi connectivity index (χ4n) is 1.65. The van der Waals surface area contributed by atoms with Gasteiger partial charge in [-0.1, -0.05) is 17.7 Å². The van der Waals surface area contributed by atoms with E-state index in [1.165, 1.54) is 5.56 Å². The van der Waals surface area contributed by atoms with E-state index in [-0.39, 0.29) is 5.78 Å². The Morgan fingerprint density at radius 2 is 2.00 bits per heavy atom. The van der Waals surface area contributed by atoms with Crippen molar-refractivity contribution in [3.8, 4) is 5.69 Å². The molecule has 0 saturated carbocycles. The van der Waals surface area contributed by atoms with Crippen LogP contribution in [0.15, 0.2) is 36.8 Å². The molecule has 0 bridgehead atoms. The smallest absolute Gasteiger partial charge is 0.135 e. The topological polar surface area (TPSA) is 34.9 Å². The third kappa shape index (κ3) is 2.19. The van der Waals surface area contributed by atoms with E-state index in [0.717, 1.165) is 11.4 Å². The van der Waals surface area contributed by atoms with Crippen molar-refractivity contribution in [2.75, 3.05) is 0 Å². The number of carbonyl (C=O) groups excluding carboxylic acids is 1. The maximum absolute atomic E-state index is 11.1. The molecule has 1 heterocycles. The van der Waals surface area contributed by atoms with Crippen LogP contribution in [0.5, 0.6) is 0 Å². The normalized spacial score (nSPS) is 10.4. The summed E-state index contributed by atoms with van der Waals surface area (Å²) < 4.78 is 1.95. The Labute approximate surface area is 94.7 Å². The van der Waals surface area contributed by atoms with Crippen molar-refractivity contribution in [1.82, 2.24) is 9.55 Å². The van der Waals surface area contributed by atoms with Gasteiger partial charge in [-0.3, -0.25) is 4.79 Å². The molecular weight excluding hydrogens is 200 g/mol. The summed E-state index contributed by atoms with van der Waals surface area (Å²) in [5.74, 6) is 0.147. The second-order valence-electron chi connectivity index (χ2n) is 3.97. The summed E-state index contributed by atoms with van der Waals surface area (Å²) in [6.07, 6.45) is 3.90. The van der Waals surface area contributed by atoms with Gasteiger partial charge in [-0.15, -0.1) is 0 Å².